The molecule has 2 nitrogen and oxygen atoms in total. The number of anilines is 2. The summed E-state index contributed by atoms with van der Waals surface area (Å²) in [5.74, 6) is 0.584. The summed E-state index contributed by atoms with van der Waals surface area (Å²) in [5.41, 5.74) is 12.0. The van der Waals surface area contributed by atoms with Crippen LogP contribution in [-0.4, -0.2) is 7.05 Å². The normalized spacial score (nSPS) is 12.2. The number of rotatable bonds is 5. The molecule has 20 heavy (non-hydrogen) atoms. The lowest BCUT2D eigenvalue weighted by Gasteiger charge is -2.13. The molecule has 0 fully saturated rings. The third-order valence-electron chi connectivity index (χ3n) is 3.99. The zero-order chi connectivity index (χ0) is 14.5. The number of nitrogens with one attached hydrogen (secondary N) is 1. The van der Waals surface area contributed by atoms with Crippen molar-refractivity contribution in [2.24, 2.45) is 0 Å². The van der Waals surface area contributed by atoms with Crippen LogP contribution in [0.5, 0.6) is 0 Å². The van der Waals surface area contributed by atoms with E-state index in [-0.39, 0.29) is 0 Å². The molecule has 0 aromatic heterocycles. The first kappa shape index (κ1) is 14.4. The maximum atomic E-state index is 6.12. The second-order valence-electron chi connectivity index (χ2n) is 5.39. The summed E-state index contributed by atoms with van der Waals surface area (Å²) in [6.07, 6.45) is 2.04. The Morgan fingerprint density at radius 1 is 1.10 bits per heavy atom. The molecule has 2 rings (SSSR count). The fourth-order valence-electron chi connectivity index (χ4n) is 2.33. The molecule has 0 aliphatic carbocycles. The van der Waals surface area contributed by atoms with Crippen LogP contribution in [0.2, 0.25) is 0 Å². The van der Waals surface area contributed by atoms with E-state index in [4.69, 9.17) is 5.73 Å². The summed E-state index contributed by atoms with van der Waals surface area (Å²) in [6, 6.07) is 15.0. The standard InChI is InChI=1S/C18H24N2/c1-4-13(2)15-7-10-18(19)16(12-15)11-14-5-8-17(20-3)9-6-14/h5-10,12-13,20H,4,11,19H2,1-3H3. The summed E-state index contributed by atoms with van der Waals surface area (Å²) < 4.78 is 0. The van der Waals surface area contributed by atoms with Gasteiger partial charge in [0.25, 0.3) is 0 Å². The van der Waals surface area contributed by atoms with Crippen molar-refractivity contribution < 1.29 is 0 Å². The van der Waals surface area contributed by atoms with Gasteiger partial charge in [0, 0.05) is 18.4 Å². The number of nitrogen functional groups attached to an aromatic ring is 1. The highest BCUT2D eigenvalue weighted by molar-refractivity contribution is 5.52. The van der Waals surface area contributed by atoms with E-state index in [2.05, 4.69) is 55.6 Å². The molecule has 0 saturated heterocycles. The Bertz CT molecular complexity index is 558. The number of benzene rings is 2. The zero-order valence-electron chi connectivity index (χ0n) is 12.6. The summed E-state index contributed by atoms with van der Waals surface area (Å²) >= 11 is 0. The fourth-order valence-corrected chi connectivity index (χ4v) is 2.33. The van der Waals surface area contributed by atoms with Crippen LogP contribution in [0.25, 0.3) is 0 Å². The molecule has 0 aliphatic rings. The first-order valence-electron chi connectivity index (χ1n) is 7.29. The molecule has 0 aliphatic heterocycles. The van der Waals surface area contributed by atoms with Gasteiger partial charge in [0.1, 0.15) is 0 Å². The Balaban J connectivity index is 2.22. The molecule has 106 valence electrons. The van der Waals surface area contributed by atoms with Crippen molar-refractivity contribution in [3.05, 3.63) is 59.2 Å². The van der Waals surface area contributed by atoms with Gasteiger partial charge in [-0.2, -0.15) is 0 Å². The summed E-state index contributed by atoms with van der Waals surface area (Å²) in [5, 5.41) is 3.14. The van der Waals surface area contributed by atoms with E-state index >= 15 is 0 Å². The van der Waals surface area contributed by atoms with Crippen molar-refractivity contribution in [2.45, 2.75) is 32.6 Å². The number of hydrogen-bond donors (Lipinski definition) is 2. The Labute approximate surface area is 122 Å². The second-order valence-corrected chi connectivity index (χ2v) is 5.39. The Hall–Kier alpha value is -1.96. The lowest BCUT2D eigenvalue weighted by molar-refractivity contribution is 0.732. The molecule has 1 unspecified atom stereocenters. The van der Waals surface area contributed by atoms with Crippen LogP contribution in [0.1, 0.15) is 42.9 Å². The second kappa shape index (κ2) is 6.47. The molecule has 0 radical (unpaired) electrons. The van der Waals surface area contributed by atoms with E-state index in [0.29, 0.717) is 5.92 Å². The Morgan fingerprint density at radius 3 is 2.40 bits per heavy atom. The van der Waals surface area contributed by atoms with E-state index < -0.39 is 0 Å². The van der Waals surface area contributed by atoms with E-state index in [1.165, 1.54) is 16.7 Å². The smallest absolute Gasteiger partial charge is 0.0350 e. The first-order valence-corrected chi connectivity index (χ1v) is 7.29. The average molecular weight is 268 g/mol. The predicted molar refractivity (Wildman–Crippen MR) is 88.4 cm³/mol. The third-order valence-corrected chi connectivity index (χ3v) is 3.99. The van der Waals surface area contributed by atoms with Crippen LogP contribution in [-0.2, 0) is 6.42 Å². The quantitative estimate of drug-likeness (QED) is 0.788. The van der Waals surface area contributed by atoms with E-state index in [1.54, 1.807) is 0 Å². The summed E-state index contributed by atoms with van der Waals surface area (Å²) in [6.45, 7) is 4.48. The molecule has 0 saturated carbocycles. The monoisotopic (exact) mass is 268 g/mol. The minimum atomic E-state index is 0.584. The minimum absolute atomic E-state index is 0.584. The molecule has 2 aromatic carbocycles. The van der Waals surface area contributed by atoms with Gasteiger partial charge in [0.05, 0.1) is 0 Å². The van der Waals surface area contributed by atoms with Crippen molar-refractivity contribution in [3.8, 4) is 0 Å². The van der Waals surface area contributed by atoms with Gasteiger partial charge in [-0.15, -0.1) is 0 Å². The predicted octanol–water partition coefficient (Wildman–Crippen LogP) is 4.41. The van der Waals surface area contributed by atoms with E-state index in [1.807, 2.05) is 13.1 Å². The minimum Gasteiger partial charge on any atom is -0.398 e. The number of hydrogen-bond acceptors (Lipinski definition) is 2. The Kier molecular flexibility index (Phi) is 4.67. The molecular weight excluding hydrogens is 244 g/mol. The van der Waals surface area contributed by atoms with Gasteiger partial charge in [-0.25, -0.2) is 0 Å². The zero-order valence-corrected chi connectivity index (χ0v) is 12.6. The topological polar surface area (TPSA) is 38.0 Å². The lowest BCUT2D eigenvalue weighted by atomic mass is 9.94. The maximum Gasteiger partial charge on any atom is 0.0350 e. The van der Waals surface area contributed by atoms with Crippen LogP contribution in [0, 0.1) is 0 Å². The molecule has 0 bridgehead atoms. The lowest BCUT2D eigenvalue weighted by Crippen LogP contribution is -2.00. The Morgan fingerprint density at radius 2 is 1.80 bits per heavy atom. The fraction of sp³-hybridized carbons (Fsp3) is 0.333. The highest BCUT2D eigenvalue weighted by atomic mass is 14.8. The molecule has 0 heterocycles. The third kappa shape index (κ3) is 3.32. The molecule has 2 heteroatoms. The van der Waals surface area contributed by atoms with Crippen LogP contribution in [0.15, 0.2) is 42.5 Å². The van der Waals surface area contributed by atoms with Gasteiger partial charge in [0.2, 0.25) is 0 Å². The van der Waals surface area contributed by atoms with E-state index in [9.17, 15) is 0 Å². The van der Waals surface area contributed by atoms with Crippen molar-refractivity contribution in [1.82, 2.24) is 0 Å². The summed E-state index contributed by atoms with van der Waals surface area (Å²) in [7, 11) is 1.93. The molecule has 0 amide bonds. The van der Waals surface area contributed by atoms with Crippen molar-refractivity contribution in [3.63, 3.8) is 0 Å². The highest BCUT2D eigenvalue weighted by Gasteiger charge is 2.07. The number of nitrogens with two attached hydrogens (primary N) is 1. The van der Waals surface area contributed by atoms with Gasteiger partial charge >= 0.3 is 0 Å². The first-order chi connectivity index (χ1) is 9.63. The van der Waals surface area contributed by atoms with Crippen LogP contribution in [0.3, 0.4) is 0 Å². The largest absolute Gasteiger partial charge is 0.398 e. The summed E-state index contributed by atoms with van der Waals surface area (Å²) in [4.78, 5) is 0. The molecular formula is C18H24N2. The van der Waals surface area contributed by atoms with Crippen LogP contribution < -0.4 is 11.1 Å². The SMILES string of the molecule is CCC(C)c1ccc(N)c(Cc2ccc(NC)cc2)c1. The molecule has 0 spiro atoms. The molecule has 1 atom stereocenters. The van der Waals surface area contributed by atoms with Gasteiger partial charge in [-0.3, -0.25) is 0 Å². The maximum absolute atomic E-state index is 6.12. The van der Waals surface area contributed by atoms with Crippen LogP contribution >= 0.6 is 0 Å². The van der Waals surface area contributed by atoms with Gasteiger partial charge in [0.15, 0.2) is 0 Å². The van der Waals surface area contributed by atoms with E-state index in [0.717, 1.165) is 24.2 Å². The van der Waals surface area contributed by atoms with Crippen molar-refractivity contribution in [1.29, 1.82) is 0 Å². The molecule has 3 N–H and O–H groups in total. The van der Waals surface area contributed by atoms with Crippen molar-refractivity contribution in [2.75, 3.05) is 18.1 Å². The van der Waals surface area contributed by atoms with Gasteiger partial charge in [-0.05, 0) is 53.6 Å². The van der Waals surface area contributed by atoms with Gasteiger partial charge in [-0.1, -0.05) is 38.1 Å². The van der Waals surface area contributed by atoms with Gasteiger partial charge < -0.3 is 11.1 Å². The average Bonchev–Trinajstić information content (AvgIpc) is 2.49. The molecule has 2 aromatic rings. The van der Waals surface area contributed by atoms with Crippen LogP contribution in [0.4, 0.5) is 11.4 Å². The highest BCUT2D eigenvalue weighted by Crippen LogP contribution is 2.25. The van der Waals surface area contributed by atoms with Crippen molar-refractivity contribution >= 4 is 11.4 Å².